The van der Waals surface area contributed by atoms with E-state index in [1.165, 1.54) is 12.1 Å². The van der Waals surface area contributed by atoms with Crippen molar-refractivity contribution in [2.45, 2.75) is 19.1 Å². The Morgan fingerprint density at radius 3 is 2.37 bits per heavy atom. The zero-order chi connectivity index (χ0) is 13.7. The Bertz CT molecular complexity index is 488. The Morgan fingerprint density at radius 2 is 1.79 bits per heavy atom. The fourth-order valence-electron chi connectivity index (χ4n) is 1.72. The van der Waals surface area contributed by atoms with Gasteiger partial charge in [0.15, 0.2) is 0 Å². The van der Waals surface area contributed by atoms with Crippen LogP contribution in [0.2, 0.25) is 0 Å². The maximum Gasteiger partial charge on any atom is 0.416 e. The quantitative estimate of drug-likeness (QED) is 0.838. The molecule has 5 heteroatoms. The maximum absolute atomic E-state index is 12.4. The first-order valence-electron chi connectivity index (χ1n) is 5.95. The smallest absolute Gasteiger partial charge is 0.416 e. The number of furan rings is 1. The summed E-state index contributed by atoms with van der Waals surface area (Å²) in [6.45, 7) is 1.31. The van der Waals surface area contributed by atoms with E-state index in [0.717, 1.165) is 23.5 Å². The van der Waals surface area contributed by atoms with Gasteiger partial charge in [-0.2, -0.15) is 13.2 Å². The summed E-state index contributed by atoms with van der Waals surface area (Å²) >= 11 is 0. The molecular weight excluding hydrogens is 255 g/mol. The fourth-order valence-corrected chi connectivity index (χ4v) is 1.72. The lowest BCUT2D eigenvalue weighted by atomic mass is 10.1. The number of alkyl halides is 3. The van der Waals surface area contributed by atoms with Crippen LogP contribution in [-0.4, -0.2) is 6.54 Å². The summed E-state index contributed by atoms with van der Waals surface area (Å²) in [6.07, 6.45) is -1.98. The first kappa shape index (κ1) is 13.7. The van der Waals surface area contributed by atoms with E-state index in [1.807, 2.05) is 12.1 Å². The summed E-state index contributed by atoms with van der Waals surface area (Å²) < 4.78 is 42.2. The lowest BCUT2D eigenvalue weighted by Crippen LogP contribution is -2.16. The highest BCUT2D eigenvalue weighted by molar-refractivity contribution is 5.24. The average molecular weight is 269 g/mol. The van der Waals surface area contributed by atoms with Gasteiger partial charge in [-0.05, 0) is 42.8 Å². The molecule has 0 unspecified atom stereocenters. The highest BCUT2D eigenvalue weighted by atomic mass is 19.4. The zero-order valence-electron chi connectivity index (χ0n) is 10.2. The van der Waals surface area contributed by atoms with Crippen LogP contribution in [0.3, 0.4) is 0 Å². The molecular formula is C14H14F3NO. The molecule has 0 saturated heterocycles. The Hall–Kier alpha value is -1.75. The van der Waals surface area contributed by atoms with E-state index in [1.54, 1.807) is 6.26 Å². The molecule has 0 spiro atoms. The molecule has 0 bridgehead atoms. The Morgan fingerprint density at radius 1 is 1.05 bits per heavy atom. The number of rotatable bonds is 5. The van der Waals surface area contributed by atoms with Crippen LogP contribution in [-0.2, 0) is 19.1 Å². The number of benzene rings is 1. The summed E-state index contributed by atoms with van der Waals surface area (Å²) in [6, 6.07) is 8.93. The van der Waals surface area contributed by atoms with Gasteiger partial charge >= 0.3 is 6.18 Å². The molecule has 0 saturated carbocycles. The normalized spacial score (nSPS) is 11.7. The molecule has 2 aromatic rings. The molecule has 1 heterocycles. The van der Waals surface area contributed by atoms with Crippen LogP contribution in [0.1, 0.15) is 16.9 Å². The lowest BCUT2D eigenvalue weighted by Gasteiger charge is -2.08. The molecule has 0 atom stereocenters. The molecule has 2 nitrogen and oxygen atoms in total. The van der Waals surface area contributed by atoms with Crippen molar-refractivity contribution in [2.75, 3.05) is 6.54 Å². The van der Waals surface area contributed by atoms with E-state index in [-0.39, 0.29) is 0 Å². The van der Waals surface area contributed by atoms with Crippen molar-refractivity contribution in [3.63, 3.8) is 0 Å². The van der Waals surface area contributed by atoms with Crippen molar-refractivity contribution < 1.29 is 17.6 Å². The van der Waals surface area contributed by atoms with Crippen LogP contribution in [0.25, 0.3) is 0 Å². The molecule has 0 aliphatic heterocycles. The van der Waals surface area contributed by atoms with Gasteiger partial charge in [-0.1, -0.05) is 12.1 Å². The summed E-state index contributed by atoms with van der Waals surface area (Å²) in [4.78, 5) is 0. The SMILES string of the molecule is FC(F)(F)c1ccc(CCNCc2ccco2)cc1. The molecule has 1 aromatic carbocycles. The standard InChI is InChI=1S/C14H14F3NO/c15-14(16,17)12-5-3-11(4-6-12)7-8-18-10-13-2-1-9-19-13/h1-6,9,18H,7-8,10H2. The zero-order valence-corrected chi connectivity index (χ0v) is 10.2. The molecule has 102 valence electrons. The summed E-state index contributed by atoms with van der Waals surface area (Å²) in [5.41, 5.74) is 0.264. The number of halogens is 3. The number of hydrogen-bond acceptors (Lipinski definition) is 2. The molecule has 2 rings (SSSR count). The van der Waals surface area contributed by atoms with Gasteiger partial charge in [0.05, 0.1) is 18.4 Å². The van der Waals surface area contributed by atoms with E-state index in [0.29, 0.717) is 19.5 Å². The minimum atomic E-state index is -4.27. The van der Waals surface area contributed by atoms with Crippen LogP contribution < -0.4 is 5.32 Å². The molecule has 0 aliphatic carbocycles. The van der Waals surface area contributed by atoms with Gasteiger partial charge in [0, 0.05) is 0 Å². The van der Waals surface area contributed by atoms with Gasteiger partial charge < -0.3 is 9.73 Å². The predicted molar refractivity (Wildman–Crippen MR) is 65.6 cm³/mol. The van der Waals surface area contributed by atoms with Crippen LogP contribution in [0.4, 0.5) is 13.2 Å². The van der Waals surface area contributed by atoms with Crippen LogP contribution in [0.5, 0.6) is 0 Å². The molecule has 0 radical (unpaired) electrons. The first-order valence-corrected chi connectivity index (χ1v) is 5.95. The topological polar surface area (TPSA) is 25.2 Å². The third-order valence-corrected chi connectivity index (χ3v) is 2.75. The van der Waals surface area contributed by atoms with E-state index < -0.39 is 11.7 Å². The van der Waals surface area contributed by atoms with Crippen LogP contribution >= 0.6 is 0 Å². The van der Waals surface area contributed by atoms with Crippen molar-refractivity contribution in [1.29, 1.82) is 0 Å². The van der Waals surface area contributed by atoms with Crippen molar-refractivity contribution in [3.8, 4) is 0 Å². The predicted octanol–water partition coefficient (Wildman–Crippen LogP) is 3.63. The number of hydrogen-bond donors (Lipinski definition) is 1. The van der Waals surface area contributed by atoms with E-state index in [2.05, 4.69) is 5.32 Å². The maximum atomic E-state index is 12.4. The average Bonchev–Trinajstić information content (AvgIpc) is 2.87. The molecule has 1 aromatic heterocycles. The van der Waals surface area contributed by atoms with E-state index >= 15 is 0 Å². The van der Waals surface area contributed by atoms with Gasteiger partial charge in [0.2, 0.25) is 0 Å². The Kier molecular flexibility index (Phi) is 4.27. The van der Waals surface area contributed by atoms with Crippen LogP contribution in [0, 0.1) is 0 Å². The third-order valence-electron chi connectivity index (χ3n) is 2.75. The third kappa shape index (κ3) is 4.13. The summed E-state index contributed by atoms with van der Waals surface area (Å²) in [7, 11) is 0. The second-order valence-electron chi connectivity index (χ2n) is 4.20. The van der Waals surface area contributed by atoms with Crippen molar-refractivity contribution >= 4 is 0 Å². The molecule has 0 aliphatic rings. The summed E-state index contributed by atoms with van der Waals surface area (Å²) in [5.74, 6) is 0.840. The monoisotopic (exact) mass is 269 g/mol. The van der Waals surface area contributed by atoms with Crippen LogP contribution in [0.15, 0.2) is 47.1 Å². The Labute approximate surface area is 109 Å². The summed E-state index contributed by atoms with van der Waals surface area (Å²) in [5, 5.41) is 3.17. The largest absolute Gasteiger partial charge is 0.468 e. The highest BCUT2D eigenvalue weighted by Gasteiger charge is 2.29. The lowest BCUT2D eigenvalue weighted by molar-refractivity contribution is -0.137. The second kappa shape index (κ2) is 5.93. The van der Waals surface area contributed by atoms with Crippen molar-refractivity contribution in [1.82, 2.24) is 5.32 Å². The Balaban J connectivity index is 1.77. The minimum absolute atomic E-state index is 0.611. The van der Waals surface area contributed by atoms with Gasteiger partial charge in [-0.15, -0.1) is 0 Å². The van der Waals surface area contributed by atoms with Crippen molar-refractivity contribution in [2.24, 2.45) is 0 Å². The van der Waals surface area contributed by atoms with Crippen molar-refractivity contribution in [3.05, 3.63) is 59.5 Å². The molecule has 19 heavy (non-hydrogen) atoms. The first-order chi connectivity index (χ1) is 9.05. The van der Waals surface area contributed by atoms with E-state index in [9.17, 15) is 13.2 Å². The number of nitrogens with one attached hydrogen (secondary N) is 1. The molecule has 0 amide bonds. The second-order valence-corrected chi connectivity index (χ2v) is 4.20. The highest BCUT2D eigenvalue weighted by Crippen LogP contribution is 2.29. The fraction of sp³-hybridized carbons (Fsp3) is 0.286. The van der Waals surface area contributed by atoms with Gasteiger partial charge in [-0.3, -0.25) is 0 Å². The van der Waals surface area contributed by atoms with Gasteiger partial charge in [-0.25, -0.2) is 0 Å². The van der Waals surface area contributed by atoms with Gasteiger partial charge in [0.1, 0.15) is 5.76 Å². The van der Waals surface area contributed by atoms with E-state index in [4.69, 9.17) is 4.42 Å². The molecule has 0 fully saturated rings. The minimum Gasteiger partial charge on any atom is -0.468 e. The molecule has 1 N–H and O–H groups in total. The van der Waals surface area contributed by atoms with Gasteiger partial charge in [0.25, 0.3) is 0 Å².